The minimum atomic E-state index is 0. The molecule has 0 amide bonds. The molecule has 2 unspecified atom stereocenters. The first-order valence-electron chi connectivity index (χ1n) is 32.7. The molecule has 0 aromatic heterocycles. The van der Waals surface area contributed by atoms with Gasteiger partial charge in [0, 0.05) is 12.8 Å². The highest BCUT2D eigenvalue weighted by atomic mass is 79.9. The van der Waals surface area contributed by atoms with E-state index in [1.807, 2.05) is 0 Å². The maximum absolute atomic E-state index is 10.2. The van der Waals surface area contributed by atoms with Gasteiger partial charge in [0.05, 0.1) is 65.8 Å². The molecular weight excluding hydrogens is 1070 g/mol. The monoisotopic (exact) mass is 1190 g/mol. The van der Waals surface area contributed by atoms with Crippen molar-refractivity contribution in [1.29, 1.82) is 0 Å². The van der Waals surface area contributed by atoms with Crippen LogP contribution in [0.15, 0.2) is 23.3 Å². The molecule has 442 valence electrons. The summed E-state index contributed by atoms with van der Waals surface area (Å²) in [5.74, 6) is 10.6. The van der Waals surface area contributed by atoms with E-state index in [0.717, 1.165) is 158 Å². The van der Waals surface area contributed by atoms with Crippen LogP contribution in [0.4, 0.5) is 0 Å². The molecule has 8 aliphatic rings. The summed E-state index contributed by atoms with van der Waals surface area (Å²) < 4.78 is 15.4. The Hall–Kier alpha value is 0.200. The quantitative estimate of drug-likeness (QED) is 0.0490. The van der Waals surface area contributed by atoms with Crippen LogP contribution >= 0.6 is 0 Å². The molecule has 8 aliphatic carbocycles. The summed E-state index contributed by atoms with van der Waals surface area (Å²) in [6.45, 7) is 33.2. The van der Waals surface area contributed by atoms with Crippen LogP contribution < -0.4 is 34.0 Å². The average Bonchev–Trinajstić information content (AvgIpc) is 3.91. The molecule has 0 aromatic carbocycles. The van der Waals surface area contributed by atoms with Crippen LogP contribution in [0.1, 0.15) is 223 Å². The smallest absolute Gasteiger partial charge is 0.102 e. The zero-order chi connectivity index (χ0) is 53.1. The number of rotatable bonds is 27. The first-order valence-corrected chi connectivity index (χ1v) is 32.7. The van der Waals surface area contributed by atoms with E-state index in [1.54, 1.807) is 11.1 Å². The van der Waals surface area contributed by atoms with Crippen LogP contribution in [0.5, 0.6) is 0 Å². The van der Waals surface area contributed by atoms with Crippen molar-refractivity contribution in [2.45, 2.75) is 236 Å². The van der Waals surface area contributed by atoms with E-state index in [2.05, 4.69) is 95.5 Å². The van der Waals surface area contributed by atoms with E-state index < -0.39 is 0 Å². The normalized spacial score (nSPS) is 39.1. The van der Waals surface area contributed by atoms with Crippen molar-refractivity contribution in [3.8, 4) is 0 Å². The lowest BCUT2D eigenvalue weighted by atomic mass is 9.47. The van der Waals surface area contributed by atoms with Gasteiger partial charge in [-0.1, -0.05) is 131 Å². The lowest BCUT2D eigenvalue weighted by molar-refractivity contribution is -0.916. The van der Waals surface area contributed by atoms with Gasteiger partial charge in [0.15, 0.2) is 0 Å². The Morgan fingerprint density at radius 3 is 1.25 bits per heavy atom. The predicted molar refractivity (Wildman–Crippen MR) is 311 cm³/mol. The highest BCUT2D eigenvalue weighted by molar-refractivity contribution is 5.27. The minimum absolute atomic E-state index is 0. The lowest BCUT2D eigenvalue weighted by Crippen LogP contribution is -3.00. The van der Waals surface area contributed by atoms with E-state index in [4.69, 9.17) is 9.47 Å². The average molecular weight is 1190 g/mol. The molecule has 6 saturated carbocycles. The fourth-order valence-electron chi connectivity index (χ4n) is 20.6. The molecular formula is C68H122Br2N2O4. The number of fused-ring (bicyclic) bond motifs is 10. The summed E-state index contributed by atoms with van der Waals surface area (Å²) in [6.07, 6.45) is 38.4. The van der Waals surface area contributed by atoms with Gasteiger partial charge in [0.25, 0.3) is 0 Å². The molecule has 0 spiro atoms. The summed E-state index contributed by atoms with van der Waals surface area (Å²) in [5, 5.41) is 20.5. The Morgan fingerprint density at radius 1 is 0.487 bits per heavy atom. The third-order valence-corrected chi connectivity index (χ3v) is 25.4. The summed E-state index contributed by atoms with van der Waals surface area (Å²) in [5.41, 5.74) is 5.29. The third kappa shape index (κ3) is 14.2. The van der Waals surface area contributed by atoms with Crippen molar-refractivity contribution in [3.63, 3.8) is 0 Å². The fraction of sp³-hybridized carbons (Fsp3) is 0.941. The number of likely N-dealkylation sites (N-methyl/N-ethyl adjacent to an activating group) is 2. The van der Waals surface area contributed by atoms with E-state index in [1.165, 1.54) is 128 Å². The Kier molecular flexibility index (Phi) is 23.8. The first-order chi connectivity index (χ1) is 35.2. The molecule has 0 aromatic rings. The van der Waals surface area contributed by atoms with Crippen molar-refractivity contribution in [2.24, 2.45) is 92.7 Å². The molecule has 0 radical (unpaired) electrons. The standard InChI is InChI=1S/C68H122N2O4.2BrH/c1-49(2)17-15-19-51(5)59-25-27-61-57-23-21-53-47-55(29-33-65(53,7)63(57)31-35-67(59,61)9)73-45-41-69(11,39-43-71)37-13-14-38-70(12,40-44-72)42-46-74-56-30-34-66(8)54(48-56)22-24-58-62-28-26-60(52(6)20-16-18-50(3)4)68(62,10)36-32-64(58)66;;/h21-22,49-52,55-64,71-72H,13-20,23-48H2,1-12H3;2*1H/q+2;;/p-2/t51-,52-,55+,56+,57+,58+,59-,60-,61+,62+,63+,64+,65+,66+,67-,68-,69?,70?;;/m1../s1. The van der Waals surface area contributed by atoms with Gasteiger partial charge in [0.2, 0.25) is 0 Å². The van der Waals surface area contributed by atoms with Gasteiger partial charge in [-0.15, -0.1) is 0 Å². The lowest BCUT2D eigenvalue weighted by Gasteiger charge is -2.58. The molecule has 0 aliphatic heterocycles. The van der Waals surface area contributed by atoms with E-state index >= 15 is 0 Å². The summed E-state index contributed by atoms with van der Waals surface area (Å²) >= 11 is 0. The second kappa shape index (κ2) is 27.7. The number of ether oxygens (including phenoxy) is 2. The predicted octanol–water partition coefficient (Wildman–Crippen LogP) is 9.51. The largest absolute Gasteiger partial charge is 1.00 e. The summed E-state index contributed by atoms with van der Waals surface area (Å²) in [7, 11) is 4.69. The number of quaternary nitrogens is 2. The fourth-order valence-corrected chi connectivity index (χ4v) is 20.6. The van der Waals surface area contributed by atoms with Crippen molar-refractivity contribution < 1.29 is 62.6 Å². The molecule has 2 N–H and O–H groups in total. The van der Waals surface area contributed by atoms with Crippen LogP contribution in [-0.4, -0.2) is 111 Å². The number of hydrogen-bond acceptors (Lipinski definition) is 4. The number of allylic oxidation sites excluding steroid dienone is 2. The zero-order valence-electron chi connectivity index (χ0n) is 51.6. The maximum atomic E-state index is 10.2. The van der Waals surface area contributed by atoms with Gasteiger partial charge >= 0.3 is 0 Å². The van der Waals surface area contributed by atoms with Gasteiger partial charge in [-0.2, -0.15) is 0 Å². The Morgan fingerprint density at radius 2 is 0.882 bits per heavy atom. The molecule has 8 rings (SSSR count). The molecule has 18 atom stereocenters. The van der Waals surface area contributed by atoms with Gasteiger partial charge in [-0.3, -0.25) is 0 Å². The molecule has 8 heteroatoms. The highest BCUT2D eigenvalue weighted by Gasteiger charge is 2.61. The number of halogens is 2. The topological polar surface area (TPSA) is 58.9 Å². The number of hydrogen-bond donors (Lipinski definition) is 2. The zero-order valence-corrected chi connectivity index (χ0v) is 54.8. The van der Waals surface area contributed by atoms with Crippen molar-refractivity contribution in [2.75, 3.05) is 79.8 Å². The van der Waals surface area contributed by atoms with Crippen LogP contribution in [0.25, 0.3) is 0 Å². The van der Waals surface area contributed by atoms with E-state index in [9.17, 15) is 10.2 Å². The van der Waals surface area contributed by atoms with Crippen molar-refractivity contribution in [1.82, 2.24) is 0 Å². The van der Waals surface area contributed by atoms with E-state index in [-0.39, 0.29) is 47.2 Å². The van der Waals surface area contributed by atoms with Crippen LogP contribution in [0, 0.1) is 92.7 Å². The molecule has 0 saturated heterocycles. The van der Waals surface area contributed by atoms with Crippen LogP contribution in [0.2, 0.25) is 0 Å². The Balaban J connectivity index is 0.00000469. The number of nitrogens with zero attached hydrogens (tertiary/aromatic N) is 2. The van der Waals surface area contributed by atoms with Crippen LogP contribution in [0.3, 0.4) is 0 Å². The van der Waals surface area contributed by atoms with Gasteiger partial charge in [-0.05, 0) is 195 Å². The Labute approximate surface area is 491 Å². The third-order valence-electron chi connectivity index (χ3n) is 25.4. The summed E-state index contributed by atoms with van der Waals surface area (Å²) in [4.78, 5) is 0. The minimum Gasteiger partial charge on any atom is -1.00 e. The molecule has 76 heavy (non-hydrogen) atoms. The van der Waals surface area contributed by atoms with Crippen LogP contribution in [-0.2, 0) is 9.47 Å². The maximum Gasteiger partial charge on any atom is 0.102 e. The second-order valence-electron chi connectivity index (χ2n) is 30.8. The molecule has 0 bridgehead atoms. The SMILES string of the molecule is CC(C)CCC[C@@H](C)[C@H]1CC[C@H]2[C@@H]3CC=C4C[C@@H](OCC[N+](C)(CCO)CCCC[N+](C)(CCO)CCO[C@H]5CC[C@@]6(C)C(=CC[C@H]7[C@@H]8CC[C@H]([C@H](C)CCCC(C)C)[C@@]8(C)CC[C@@H]76)C5)CC[C@]4(C)[C@H]3CC[C@]12C.[Br-].[Br-]. The number of aliphatic hydroxyl groups excluding tert-OH is 2. The van der Waals surface area contributed by atoms with Gasteiger partial charge in [0.1, 0.15) is 26.2 Å². The molecule has 6 nitrogen and oxygen atoms in total. The molecule has 0 heterocycles. The summed E-state index contributed by atoms with van der Waals surface area (Å²) in [6, 6.07) is 0. The van der Waals surface area contributed by atoms with Crippen molar-refractivity contribution in [3.05, 3.63) is 23.3 Å². The van der Waals surface area contributed by atoms with Crippen molar-refractivity contribution >= 4 is 0 Å². The van der Waals surface area contributed by atoms with Gasteiger partial charge < -0.3 is 62.6 Å². The van der Waals surface area contributed by atoms with Gasteiger partial charge in [-0.25, -0.2) is 0 Å². The van der Waals surface area contributed by atoms with E-state index in [0.29, 0.717) is 33.9 Å². The molecule has 6 fully saturated rings. The highest BCUT2D eigenvalue weighted by Crippen LogP contribution is 2.69. The first kappa shape index (κ1) is 65.4. The second-order valence-corrected chi connectivity index (χ2v) is 30.8. The number of aliphatic hydroxyl groups is 2. The Bertz CT molecular complexity index is 1730. The number of unbranched alkanes of at least 4 members (excludes halogenated alkanes) is 1.